The van der Waals surface area contributed by atoms with E-state index in [1.54, 1.807) is 37.3 Å². The first kappa shape index (κ1) is 25.9. The number of unbranched alkanes of at least 4 members (excludes halogenated alkanes) is 2. The van der Waals surface area contributed by atoms with E-state index in [1.807, 2.05) is 12.1 Å². The number of carboxylic acids is 1. The first-order valence-electron chi connectivity index (χ1n) is 13.0. The zero-order valence-electron chi connectivity index (χ0n) is 21.2. The third-order valence-corrected chi connectivity index (χ3v) is 11.8. The van der Waals surface area contributed by atoms with E-state index in [2.05, 4.69) is 11.1 Å². The molecule has 1 aromatic carbocycles. The third kappa shape index (κ3) is 4.00. The first-order chi connectivity index (χ1) is 18.3. The molecule has 6 rings (SSSR count). The van der Waals surface area contributed by atoms with Crippen LogP contribution in [0.2, 0.25) is 0 Å². The highest BCUT2D eigenvalue weighted by Crippen LogP contribution is 2.69. The molecule has 2 aromatic rings. The number of rotatable bonds is 9. The number of thioether (sulfide) groups is 1. The maximum Gasteiger partial charge on any atom is 0.303 e. The Kier molecular flexibility index (Phi) is 6.80. The lowest BCUT2D eigenvalue weighted by Crippen LogP contribution is -2.42. The van der Waals surface area contributed by atoms with E-state index in [1.165, 1.54) is 9.78 Å². The summed E-state index contributed by atoms with van der Waals surface area (Å²) in [6.45, 7) is 0.381. The maximum atomic E-state index is 13.7. The molecule has 202 valence electrons. The fourth-order valence-corrected chi connectivity index (χ4v) is 10.8. The molecule has 38 heavy (non-hydrogen) atoms. The molecule has 7 unspecified atom stereocenters. The van der Waals surface area contributed by atoms with Gasteiger partial charge in [0.1, 0.15) is 0 Å². The van der Waals surface area contributed by atoms with Crippen LogP contribution in [0.3, 0.4) is 0 Å². The van der Waals surface area contributed by atoms with E-state index < -0.39 is 5.97 Å². The van der Waals surface area contributed by atoms with Crippen LogP contribution in [0.4, 0.5) is 0 Å². The summed E-state index contributed by atoms with van der Waals surface area (Å²) < 4.78 is 11.8. The van der Waals surface area contributed by atoms with Gasteiger partial charge in [-0.05, 0) is 66.9 Å². The van der Waals surface area contributed by atoms with Crippen LogP contribution in [0.15, 0.2) is 23.2 Å². The number of likely N-dealkylation sites (tertiary alicyclic amines) is 1. The van der Waals surface area contributed by atoms with Crippen molar-refractivity contribution in [1.29, 1.82) is 0 Å². The molecule has 2 bridgehead atoms. The van der Waals surface area contributed by atoms with Gasteiger partial charge in [0.05, 0.1) is 31.1 Å². The normalized spacial score (nSPS) is 30.8. The van der Waals surface area contributed by atoms with Crippen molar-refractivity contribution in [2.24, 2.45) is 29.6 Å². The molecule has 11 heteroatoms. The van der Waals surface area contributed by atoms with Gasteiger partial charge >= 0.3 is 5.97 Å². The molecule has 0 spiro atoms. The fourth-order valence-electron chi connectivity index (χ4n) is 7.44. The minimum absolute atomic E-state index is 0.0310. The van der Waals surface area contributed by atoms with Gasteiger partial charge in [-0.3, -0.25) is 19.3 Å². The van der Waals surface area contributed by atoms with Gasteiger partial charge in [0.15, 0.2) is 15.5 Å². The fraction of sp³-hybridized carbons (Fsp3) is 0.556. The van der Waals surface area contributed by atoms with Crippen LogP contribution >= 0.6 is 35.3 Å². The number of carbonyl (C=O) groups excluding carboxylic acids is 2. The maximum absolute atomic E-state index is 13.7. The minimum atomic E-state index is -0.817. The van der Waals surface area contributed by atoms with Gasteiger partial charge in [-0.15, -0.1) is 23.1 Å². The highest BCUT2D eigenvalue weighted by molar-refractivity contribution is 8.00. The summed E-state index contributed by atoms with van der Waals surface area (Å²) in [7, 11) is 3.26. The number of hydrogen-bond donors (Lipinski definition) is 2. The van der Waals surface area contributed by atoms with Crippen molar-refractivity contribution in [1.82, 2.24) is 9.88 Å². The Morgan fingerprint density at radius 2 is 1.84 bits per heavy atom. The van der Waals surface area contributed by atoms with Crippen LogP contribution in [-0.2, 0) is 14.4 Å². The van der Waals surface area contributed by atoms with Gasteiger partial charge in [-0.2, -0.15) is 0 Å². The van der Waals surface area contributed by atoms with Gasteiger partial charge < -0.3 is 19.6 Å². The Bertz CT molecular complexity index is 1350. The molecule has 0 radical (unpaired) electrons. The lowest BCUT2D eigenvalue weighted by Gasteiger charge is -2.43. The largest absolute Gasteiger partial charge is 0.493 e. The number of fused-ring (bicyclic) bond motifs is 9. The Hall–Kier alpha value is -2.37. The quantitative estimate of drug-likeness (QED) is 0.246. The zero-order chi connectivity index (χ0) is 26.7. The molecule has 1 aromatic heterocycles. The number of aliphatic carboxylic acids is 1. The molecule has 2 saturated carbocycles. The number of carboxylic acid groups (broad SMARTS) is 1. The summed E-state index contributed by atoms with van der Waals surface area (Å²) >= 11 is 8.94. The summed E-state index contributed by atoms with van der Waals surface area (Å²) in [5.41, 5.74) is 1.11. The standard InChI is InChI=1S/C27H30N2O6S3/c1-34-15-8-7-12(10-16(15)35-2)18-19-13-11-14(22(19)37-24-23(18)38-27(36)28-24)21-20(13)25(32)29(26(21)33)9-5-3-4-6-17(30)31/h7-8,10,13-14,18-22H,3-6,9,11H2,1-2H3,(H,28,36)(H,30,31). The van der Waals surface area contributed by atoms with Crippen molar-refractivity contribution in [3.05, 3.63) is 32.6 Å². The van der Waals surface area contributed by atoms with Crippen LogP contribution in [0.1, 0.15) is 48.5 Å². The monoisotopic (exact) mass is 574 g/mol. The highest BCUT2D eigenvalue weighted by atomic mass is 32.2. The van der Waals surface area contributed by atoms with Crippen LogP contribution in [0, 0.1) is 33.5 Å². The summed E-state index contributed by atoms with van der Waals surface area (Å²) in [5.74, 6) is 0.462. The van der Waals surface area contributed by atoms with Crippen molar-refractivity contribution in [3.63, 3.8) is 0 Å². The van der Waals surface area contributed by atoms with Gasteiger partial charge in [0.25, 0.3) is 0 Å². The van der Waals surface area contributed by atoms with Crippen molar-refractivity contribution in [2.45, 2.75) is 48.3 Å². The molecule has 1 saturated heterocycles. The minimum Gasteiger partial charge on any atom is -0.493 e. The number of aromatic amines is 1. The van der Waals surface area contributed by atoms with E-state index in [-0.39, 0.29) is 59.0 Å². The molecule has 2 aliphatic carbocycles. The molecule has 2 N–H and O–H groups in total. The number of amides is 2. The molecular weight excluding hydrogens is 545 g/mol. The second kappa shape index (κ2) is 9.98. The number of nitrogens with one attached hydrogen (secondary N) is 1. The molecule has 8 nitrogen and oxygen atoms in total. The predicted octanol–water partition coefficient (Wildman–Crippen LogP) is 4.94. The Labute approximate surface area is 234 Å². The smallest absolute Gasteiger partial charge is 0.303 e. The van der Waals surface area contributed by atoms with E-state index >= 15 is 0 Å². The molecule has 2 amide bonds. The predicted molar refractivity (Wildman–Crippen MR) is 145 cm³/mol. The van der Waals surface area contributed by atoms with Gasteiger partial charge in [0, 0.05) is 29.0 Å². The van der Waals surface area contributed by atoms with Crippen LogP contribution in [0.25, 0.3) is 0 Å². The topological polar surface area (TPSA) is 109 Å². The lowest BCUT2D eigenvalue weighted by molar-refractivity contribution is -0.141. The van der Waals surface area contributed by atoms with Crippen LogP contribution in [0.5, 0.6) is 11.5 Å². The lowest BCUT2D eigenvalue weighted by atomic mass is 9.68. The Morgan fingerprint density at radius 3 is 2.55 bits per heavy atom. The SMILES string of the molecule is COc1ccc(C2c3sc(=S)[nH]c3SC3C4CC(C5C(=O)N(CCCCCC(=O)O)C(=O)C45)C23)cc1OC. The molecule has 3 fully saturated rings. The second-order valence-electron chi connectivity index (χ2n) is 10.6. The number of hydrogen-bond acceptors (Lipinski definition) is 8. The molecule has 4 aliphatic rings. The number of carbonyl (C=O) groups is 3. The number of H-pyrrole nitrogens is 1. The number of benzene rings is 1. The first-order valence-corrected chi connectivity index (χ1v) is 15.1. The third-order valence-electron chi connectivity index (χ3n) is 8.85. The summed E-state index contributed by atoms with van der Waals surface area (Å²) in [6.07, 6.45) is 2.89. The Morgan fingerprint density at radius 1 is 1.11 bits per heavy atom. The summed E-state index contributed by atoms with van der Waals surface area (Å²) in [6, 6.07) is 6.06. The number of imide groups is 1. The van der Waals surface area contributed by atoms with E-state index in [0.29, 0.717) is 37.3 Å². The second-order valence-corrected chi connectivity index (χ2v) is 13.5. The van der Waals surface area contributed by atoms with Crippen molar-refractivity contribution < 1.29 is 29.0 Å². The number of thiazole rings is 1. The molecule has 3 heterocycles. The average Bonchev–Trinajstić information content (AvgIpc) is 3.63. The molecular formula is C27H30N2O6S3. The average molecular weight is 575 g/mol. The number of methoxy groups -OCH3 is 2. The van der Waals surface area contributed by atoms with E-state index in [4.69, 9.17) is 26.8 Å². The van der Waals surface area contributed by atoms with E-state index in [9.17, 15) is 14.4 Å². The summed E-state index contributed by atoms with van der Waals surface area (Å²) in [5, 5.41) is 10.2. The number of nitrogens with zero attached hydrogens (tertiary/aromatic N) is 1. The van der Waals surface area contributed by atoms with Crippen LogP contribution < -0.4 is 9.47 Å². The Balaban J connectivity index is 1.31. The van der Waals surface area contributed by atoms with Gasteiger partial charge in [0.2, 0.25) is 11.8 Å². The number of aromatic nitrogens is 1. The molecule has 7 atom stereocenters. The van der Waals surface area contributed by atoms with E-state index in [0.717, 1.165) is 21.0 Å². The highest BCUT2D eigenvalue weighted by Gasteiger charge is 2.69. The summed E-state index contributed by atoms with van der Waals surface area (Å²) in [4.78, 5) is 44.1. The van der Waals surface area contributed by atoms with Crippen molar-refractivity contribution >= 4 is 53.1 Å². The zero-order valence-corrected chi connectivity index (χ0v) is 23.6. The van der Waals surface area contributed by atoms with Crippen molar-refractivity contribution in [2.75, 3.05) is 20.8 Å². The van der Waals surface area contributed by atoms with Gasteiger partial charge in [-0.1, -0.05) is 12.5 Å². The molecule has 2 aliphatic heterocycles. The number of ether oxygens (including phenoxy) is 2. The van der Waals surface area contributed by atoms with Crippen molar-refractivity contribution in [3.8, 4) is 11.5 Å². The van der Waals surface area contributed by atoms with Crippen LogP contribution in [-0.4, -0.2) is 58.8 Å². The van der Waals surface area contributed by atoms with Gasteiger partial charge in [-0.25, -0.2) is 0 Å².